The average molecular weight is 348 g/mol. The minimum absolute atomic E-state index is 0.0267. The van der Waals surface area contributed by atoms with E-state index in [0.717, 1.165) is 0 Å². The van der Waals surface area contributed by atoms with Gasteiger partial charge in [0.2, 0.25) is 5.79 Å². The van der Waals surface area contributed by atoms with Gasteiger partial charge in [-0.3, -0.25) is 0 Å². The summed E-state index contributed by atoms with van der Waals surface area (Å²) in [6, 6.07) is 6.95. The first-order valence-corrected chi connectivity index (χ1v) is 7.81. The van der Waals surface area contributed by atoms with Crippen molar-refractivity contribution in [3.8, 4) is 6.07 Å². The van der Waals surface area contributed by atoms with Gasteiger partial charge in [0, 0.05) is 31.7 Å². The number of amides is 1. The number of nitriles is 1. The fourth-order valence-electron chi connectivity index (χ4n) is 3.43. The van der Waals surface area contributed by atoms with E-state index in [1.165, 1.54) is 6.33 Å². The Hall–Kier alpha value is -2.73. The highest BCUT2D eigenvalue weighted by Crippen LogP contribution is 2.47. The highest BCUT2D eigenvalue weighted by molar-refractivity contribution is 5.77. The van der Waals surface area contributed by atoms with Crippen molar-refractivity contribution in [1.82, 2.24) is 15.0 Å². The normalized spacial score (nSPS) is 27.9. The van der Waals surface area contributed by atoms with Gasteiger partial charge in [0.1, 0.15) is 0 Å². The smallest absolute Gasteiger partial charge is 0.413 e. The van der Waals surface area contributed by atoms with Crippen molar-refractivity contribution in [3.05, 3.63) is 30.1 Å². The Morgan fingerprint density at radius 3 is 3.00 bits per heavy atom. The number of hydroxylamine groups is 1. The summed E-state index contributed by atoms with van der Waals surface area (Å²) < 4.78 is 35.6. The number of rotatable bonds is 2. The summed E-state index contributed by atoms with van der Waals surface area (Å²) in [6.45, 7) is -0.0267. The number of imidazole rings is 1. The maximum Gasteiger partial charge on any atom is 0.434 e. The molecule has 2 aliphatic rings. The molecule has 2 heterocycles. The van der Waals surface area contributed by atoms with Crippen molar-refractivity contribution in [1.29, 1.82) is 5.26 Å². The molecule has 2 fully saturated rings. The van der Waals surface area contributed by atoms with E-state index in [9.17, 15) is 13.6 Å². The van der Waals surface area contributed by atoms with Crippen molar-refractivity contribution in [2.75, 3.05) is 0 Å². The lowest BCUT2D eigenvalue weighted by Crippen LogP contribution is -2.47. The molecule has 25 heavy (non-hydrogen) atoms. The summed E-state index contributed by atoms with van der Waals surface area (Å²) >= 11 is 0. The Morgan fingerprint density at radius 1 is 1.44 bits per heavy atom. The molecule has 9 heteroatoms. The standard InChI is InChI=1S/C16H14F2N4O3/c17-16(18)4-3-15(24-14(23)21-25-15)6-11(16)8-22-9-20-12-2-1-10(7-19)5-13(12)22/h1-2,5,9,11H,3-4,6,8H2,(H,21,23)/t11?,15-/m1/s1. The number of alkyl halides is 2. The van der Waals surface area contributed by atoms with Gasteiger partial charge in [-0.1, -0.05) is 0 Å². The van der Waals surface area contributed by atoms with Gasteiger partial charge in [-0.25, -0.2) is 23.4 Å². The Labute approximate surface area is 141 Å². The Kier molecular flexibility index (Phi) is 3.40. The molecule has 0 bridgehead atoms. The van der Waals surface area contributed by atoms with Crippen LogP contribution < -0.4 is 5.48 Å². The molecule has 1 unspecified atom stereocenters. The van der Waals surface area contributed by atoms with Crippen molar-refractivity contribution in [2.24, 2.45) is 5.92 Å². The molecule has 2 aromatic rings. The number of hydrogen-bond donors (Lipinski definition) is 1. The maximum atomic E-state index is 14.4. The summed E-state index contributed by atoms with van der Waals surface area (Å²) in [6.07, 6.45) is 0.0660. The van der Waals surface area contributed by atoms with Gasteiger partial charge in [-0.2, -0.15) is 10.7 Å². The minimum atomic E-state index is -2.92. The third-order valence-corrected chi connectivity index (χ3v) is 4.76. The molecule has 1 N–H and O–H groups in total. The molecule has 1 aromatic heterocycles. The van der Waals surface area contributed by atoms with Crippen LogP contribution in [0.3, 0.4) is 0 Å². The van der Waals surface area contributed by atoms with Crippen LogP contribution in [-0.4, -0.2) is 27.4 Å². The number of nitrogens with one attached hydrogen (secondary N) is 1. The molecular formula is C16H14F2N4O3. The van der Waals surface area contributed by atoms with E-state index in [-0.39, 0.29) is 19.4 Å². The second-order valence-electron chi connectivity index (χ2n) is 6.38. The van der Waals surface area contributed by atoms with Gasteiger partial charge in [-0.15, -0.1) is 0 Å². The second kappa shape index (κ2) is 5.39. The van der Waals surface area contributed by atoms with Crippen LogP contribution in [0.2, 0.25) is 0 Å². The van der Waals surface area contributed by atoms with Crippen molar-refractivity contribution in [3.63, 3.8) is 0 Å². The van der Waals surface area contributed by atoms with Crippen molar-refractivity contribution in [2.45, 2.75) is 37.5 Å². The number of aromatic nitrogens is 2. The fourth-order valence-corrected chi connectivity index (χ4v) is 3.43. The maximum absolute atomic E-state index is 14.4. The predicted octanol–water partition coefficient (Wildman–Crippen LogP) is 2.71. The number of halogens is 2. The van der Waals surface area contributed by atoms with Crippen molar-refractivity contribution < 1.29 is 23.1 Å². The third-order valence-electron chi connectivity index (χ3n) is 4.76. The highest BCUT2D eigenvalue weighted by atomic mass is 19.3. The SMILES string of the molecule is N#Cc1ccc2ncn(CC3C[C@@]4(CCC3(F)F)ONC(=O)O4)c2c1. The van der Waals surface area contributed by atoms with E-state index >= 15 is 0 Å². The van der Waals surface area contributed by atoms with E-state index < -0.39 is 30.1 Å². The van der Waals surface area contributed by atoms with Gasteiger partial charge >= 0.3 is 6.09 Å². The number of carbonyl (C=O) groups excluding carboxylic acids is 1. The van der Waals surface area contributed by atoms with E-state index in [4.69, 9.17) is 14.8 Å². The molecule has 4 rings (SSSR count). The summed E-state index contributed by atoms with van der Waals surface area (Å²) in [5.41, 5.74) is 3.73. The molecular weight excluding hydrogens is 334 g/mol. The number of hydrogen-bond acceptors (Lipinski definition) is 5. The van der Waals surface area contributed by atoms with Crippen molar-refractivity contribution >= 4 is 17.1 Å². The van der Waals surface area contributed by atoms with Crippen LogP contribution >= 0.6 is 0 Å². The van der Waals surface area contributed by atoms with E-state index in [2.05, 4.69) is 10.5 Å². The van der Waals surface area contributed by atoms with Crippen LogP contribution in [0, 0.1) is 17.2 Å². The molecule has 7 nitrogen and oxygen atoms in total. The Bertz CT molecular complexity index is 891. The van der Waals surface area contributed by atoms with Crippen LogP contribution in [0.25, 0.3) is 11.0 Å². The lowest BCUT2D eigenvalue weighted by atomic mass is 9.81. The van der Waals surface area contributed by atoms with Crippen LogP contribution in [0.1, 0.15) is 24.8 Å². The van der Waals surface area contributed by atoms with Crippen LogP contribution in [0.15, 0.2) is 24.5 Å². The number of benzene rings is 1. The summed E-state index contributed by atoms with van der Waals surface area (Å²) in [5, 5.41) is 9.02. The number of fused-ring (bicyclic) bond motifs is 1. The predicted molar refractivity (Wildman–Crippen MR) is 80.2 cm³/mol. The quantitative estimate of drug-likeness (QED) is 0.901. The van der Waals surface area contributed by atoms with E-state index in [1.807, 2.05) is 6.07 Å². The largest absolute Gasteiger partial charge is 0.434 e. The molecule has 130 valence electrons. The van der Waals surface area contributed by atoms with Crippen LogP contribution in [-0.2, 0) is 16.1 Å². The number of carbonyl (C=O) groups is 1. The van der Waals surface area contributed by atoms with Gasteiger partial charge < -0.3 is 9.30 Å². The Balaban J connectivity index is 1.64. The molecule has 1 amide bonds. The molecule has 1 aliphatic heterocycles. The van der Waals surface area contributed by atoms with Crippen LogP contribution in [0.5, 0.6) is 0 Å². The monoisotopic (exact) mass is 348 g/mol. The molecule has 1 saturated carbocycles. The second-order valence-corrected chi connectivity index (χ2v) is 6.38. The van der Waals surface area contributed by atoms with Gasteiger partial charge in [0.05, 0.1) is 29.0 Å². The highest BCUT2D eigenvalue weighted by Gasteiger charge is 2.56. The lowest BCUT2D eigenvalue weighted by Gasteiger charge is -2.39. The minimum Gasteiger partial charge on any atom is -0.413 e. The number of nitrogens with zero attached hydrogens (tertiary/aromatic N) is 3. The zero-order chi connectivity index (χ0) is 17.7. The molecule has 1 aliphatic carbocycles. The first-order chi connectivity index (χ1) is 11.9. The summed E-state index contributed by atoms with van der Waals surface area (Å²) in [5.74, 6) is -5.37. The lowest BCUT2D eigenvalue weighted by molar-refractivity contribution is -0.238. The topological polar surface area (TPSA) is 89.2 Å². The molecule has 1 aromatic carbocycles. The van der Waals surface area contributed by atoms with Gasteiger partial charge in [-0.05, 0) is 18.2 Å². The third kappa shape index (κ3) is 2.68. The Morgan fingerprint density at radius 2 is 2.28 bits per heavy atom. The van der Waals surface area contributed by atoms with E-state index in [0.29, 0.717) is 16.6 Å². The molecule has 2 atom stereocenters. The zero-order valence-electron chi connectivity index (χ0n) is 13.0. The van der Waals surface area contributed by atoms with E-state index in [1.54, 1.807) is 22.8 Å². The first kappa shape index (κ1) is 15.8. The summed E-state index contributed by atoms with van der Waals surface area (Å²) in [7, 11) is 0. The van der Waals surface area contributed by atoms with Gasteiger partial charge in [0.15, 0.2) is 0 Å². The van der Waals surface area contributed by atoms with Crippen LogP contribution in [0.4, 0.5) is 13.6 Å². The zero-order valence-corrected chi connectivity index (χ0v) is 13.0. The average Bonchev–Trinajstić information content (AvgIpc) is 3.15. The molecule has 0 radical (unpaired) electrons. The van der Waals surface area contributed by atoms with Gasteiger partial charge in [0.25, 0.3) is 5.92 Å². The fraction of sp³-hybridized carbons (Fsp3) is 0.438. The molecule has 1 saturated heterocycles. The number of ether oxygens (including phenoxy) is 1. The molecule has 1 spiro atoms. The summed E-state index contributed by atoms with van der Waals surface area (Å²) in [4.78, 5) is 20.6. The first-order valence-electron chi connectivity index (χ1n) is 7.81.